The van der Waals surface area contributed by atoms with E-state index < -0.39 is 21.8 Å². The molecule has 0 bridgehead atoms. The van der Waals surface area contributed by atoms with Gasteiger partial charge < -0.3 is 15.2 Å². The Morgan fingerprint density at radius 2 is 2.21 bits per heavy atom. The first-order valence-electron chi connectivity index (χ1n) is 3.58. The maximum absolute atomic E-state index is 11.1. The van der Waals surface area contributed by atoms with Crippen molar-refractivity contribution in [2.45, 2.75) is 5.85 Å². The van der Waals surface area contributed by atoms with Gasteiger partial charge in [-0.2, -0.15) is 0 Å². The van der Waals surface area contributed by atoms with Crippen molar-refractivity contribution in [1.29, 1.82) is 0 Å². The summed E-state index contributed by atoms with van der Waals surface area (Å²) in [6.07, 6.45) is 3.19. The lowest BCUT2D eigenvalue weighted by atomic mass is 10.4. The maximum atomic E-state index is 11.1. The Bertz CT molecular complexity index is 366. The number of nitrogens with one attached hydrogen (secondary N) is 1. The molecule has 1 heterocycles. The van der Waals surface area contributed by atoms with Crippen LogP contribution in [-0.2, 0) is 19.6 Å². The van der Waals surface area contributed by atoms with Crippen molar-refractivity contribution in [1.82, 2.24) is 9.62 Å². The van der Waals surface area contributed by atoms with Crippen LogP contribution in [0.5, 0.6) is 0 Å². The van der Waals surface area contributed by atoms with Crippen LogP contribution < -0.4 is 5.32 Å². The number of carbonyl (C=O) groups is 1. The molecular weight excluding hydrogens is 212 g/mol. The van der Waals surface area contributed by atoms with Gasteiger partial charge in [0.25, 0.3) is 0 Å². The first kappa shape index (κ1) is 10.8. The highest BCUT2D eigenvalue weighted by atomic mass is 32.2. The van der Waals surface area contributed by atoms with Crippen molar-refractivity contribution >= 4 is 16.0 Å². The van der Waals surface area contributed by atoms with Crippen LogP contribution in [-0.4, -0.2) is 43.0 Å². The highest BCUT2D eigenvalue weighted by Gasteiger charge is 2.50. The predicted octanol–water partition coefficient (Wildman–Crippen LogP) is -1.29. The van der Waals surface area contributed by atoms with E-state index in [0.29, 0.717) is 4.31 Å². The molecule has 0 aromatic carbocycles. The van der Waals surface area contributed by atoms with Gasteiger partial charge in [0.1, 0.15) is 6.26 Å². The molecule has 0 amide bonds. The molecule has 80 valence electrons. The highest BCUT2D eigenvalue weighted by molar-refractivity contribution is 7.88. The third-order valence-electron chi connectivity index (χ3n) is 1.82. The van der Waals surface area contributed by atoms with Gasteiger partial charge in [-0.25, -0.2) is 13.2 Å². The standard InChI is InChI=1S/C6H10N2O5S/c1-8(14(2,11)12)6(5(9)10)7-3-4-13-6/h3-4,7H,1-2H3,(H,9,10). The number of likely N-dealkylation sites (N-methyl/N-ethyl adjacent to an activating group) is 1. The monoisotopic (exact) mass is 222 g/mol. The molecule has 0 spiro atoms. The number of hydrogen-bond acceptors (Lipinski definition) is 5. The minimum atomic E-state index is -3.66. The van der Waals surface area contributed by atoms with E-state index in [2.05, 4.69) is 5.32 Å². The second kappa shape index (κ2) is 3.14. The molecule has 2 N–H and O–H groups in total. The van der Waals surface area contributed by atoms with Crippen molar-refractivity contribution in [3.05, 3.63) is 12.5 Å². The Morgan fingerprint density at radius 3 is 2.50 bits per heavy atom. The third kappa shape index (κ3) is 1.53. The molecule has 0 fully saturated rings. The van der Waals surface area contributed by atoms with Gasteiger partial charge in [0, 0.05) is 13.2 Å². The average molecular weight is 222 g/mol. The van der Waals surface area contributed by atoms with Crippen molar-refractivity contribution < 1.29 is 23.1 Å². The molecule has 0 saturated carbocycles. The molecule has 1 rings (SSSR count). The molecule has 0 radical (unpaired) electrons. The van der Waals surface area contributed by atoms with E-state index in [4.69, 9.17) is 9.84 Å². The van der Waals surface area contributed by atoms with Crippen molar-refractivity contribution in [3.8, 4) is 0 Å². The van der Waals surface area contributed by atoms with Crippen LogP contribution >= 0.6 is 0 Å². The first-order valence-corrected chi connectivity index (χ1v) is 5.43. The second-order valence-corrected chi connectivity index (χ2v) is 4.76. The van der Waals surface area contributed by atoms with Crippen LogP contribution in [0.15, 0.2) is 12.5 Å². The number of carboxylic acid groups (broad SMARTS) is 1. The fourth-order valence-corrected chi connectivity index (χ4v) is 1.60. The Hall–Kier alpha value is -1.28. The predicted molar refractivity (Wildman–Crippen MR) is 46.3 cm³/mol. The van der Waals surface area contributed by atoms with E-state index in [-0.39, 0.29) is 0 Å². The summed E-state index contributed by atoms with van der Waals surface area (Å²) >= 11 is 0. The van der Waals surface area contributed by atoms with Crippen LogP contribution in [0.1, 0.15) is 0 Å². The van der Waals surface area contributed by atoms with Gasteiger partial charge >= 0.3 is 11.8 Å². The zero-order valence-corrected chi connectivity index (χ0v) is 8.41. The van der Waals surface area contributed by atoms with Crippen LogP contribution in [0.25, 0.3) is 0 Å². The summed E-state index contributed by atoms with van der Waals surface area (Å²) in [4.78, 5) is 10.9. The van der Waals surface area contributed by atoms with Gasteiger partial charge in [0.2, 0.25) is 10.0 Å². The molecule has 1 atom stereocenters. The summed E-state index contributed by atoms with van der Waals surface area (Å²) < 4.78 is 27.6. The Balaban J connectivity index is 3.08. The zero-order valence-electron chi connectivity index (χ0n) is 7.59. The van der Waals surface area contributed by atoms with Crippen LogP contribution in [0.3, 0.4) is 0 Å². The molecule has 1 aliphatic rings. The Kier molecular flexibility index (Phi) is 2.42. The van der Waals surface area contributed by atoms with E-state index in [9.17, 15) is 13.2 Å². The second-order valence-electron chi connectivity index (χ2n) is 2.74. The summed E-state index contributed by atoms with van der Waals surface area (Å²) in [5.41, 5.74) is 0. The van der Waals surface area contributed by atoms with Gasteiger partial charge in [-0.1, -0.05) is 0 Å². The lowest BCUT2D eigenvalue weighted by Gasteiger charge is -2.31. The van der Waals surface area contributed by atoms with E-state index in [1.165, 1.54) is 6.20 Å². The van der Waals surface area contributed by atoms with Crippen molar-refractivity contribution in [3.63, 3.8) is 0 Å². The van der Waals surface area contributed by atoms with Crippen LogP contribution in [0.4, 0.5) is 0 Å². The molecule has 0 aromatic rings. The number of rotatable bonds is 3. The Labute approximate surface area is 81.0 Å². The quantitative estimate of drug-likeness (QED) is 0.616. The zero-order chi connectivity index (χ0) is 11.0. The number of nitrogens with zero attached hydrogens (tertiary/aromatic N) is 1. The Morgan fingerprint density at radius 1 is 1.64 bits per heavy atom. The number of aliphatic carboxylic acids is 1. The number of ether oxygens (including phenoxy) is 1. The SMILES string of the molecule is CN(C1(C(=O)O)NC=CO1)S(C)(=O)=O. The average Bonchev–Trinajstić information content (AvgIpc) is 2.50. The normalized spacial score (nSPS) is 25.9. The van der Waals surface area contributed by atoms with E-state index >= 15 is 0 Å². The van der Waals surface area contributed by atoms with Crippen molar-refractivity contribution in [2.24, 2.45) is 0 Å². The van der Waals surface area contributed by atoms with E-state index in [1.807, 2.05) is 0 Å². The summed E-state index contributed by atoms with van der Waals surface area (Å²) in [5.74, 6) is -3.50. The molecule has 1 aliphatic heterocycles. The summed E-state index contributed by atoms with van der Waals surface area (Å²) in [7, 11) is -2.55. The fourth-order valence-electron chi connectivity index (χ4n) is 0.959. The number of hydrogen-bond donors (Lipinski definition) is 2. The van der Waals surface area contributed by atoms with Gasteiger partial charge in [-0.05, 0) is 0 Å². The summed E-state index contributed by atoms with van der Waals surface area (Å²) in [5, 5.41) is 11.2. The minimum absolute atomic E-state index is 0.600. The molecule has 14 heavy (non-hydrogen) atoms. The van der Waals surface area contributed by atoms with Gasteiger partial charge in [-0.15, -0.1) is 4.31 Å². The molecule has 0 saturated heterocycles. The first-order chi connectivity index (χ1) is 6.31. The fraction of sp³-hybridized carbons (Fsp3) is 0.500. The van der Waals surface area contributed by atoms with Gasteiger partial charge in [0.05, 0.1) is 6.26 Å². The van der Waals surface area contributed by atoms with Crippen LogP contribution in [0, 0.1) is 0 Å². The van der Waals surface area contributed by atoms with E-state index in [1.54, 1.807) is 0 Å². The number of sulfonamides is 1. The van der Waals surface area contributed by atoms with E-state index in [0.717, 1.165) is 19.6 Å². The molecule has 1 unspecified atom stereocenters. The van der Waals surface area contributed by atoms with Gasteiger partial charge in [-0.3, -0.25) is 0 Å². The molecular formula is C6H10N2O5S. The lowest BCUT2D eigenvalue weighted by molar-refractivity contribution is -0.172. The minimum Gasteiger partial charge on any atom is -0.476 e. The topological polar surface area (TPSA) is 95.9 Å². The van der Waals surface area contributed by atoms with Gasteiger partial charge in [0.15, 0.2) is 0 Å². The number of carboxylic acids is 1. The smallest absolute Gasteiger partial charge is 0.388 e. The molecule has 7 nitrogen and oxygen atoms in total. The molecule has 0 aliphatic carbocycles. The van der Waals surface area contributed by atoms with Crippen molar-refractivity contribution in [2.75, 3.05) is 13.3 Å². The summed E-state index contributed by atoms with van der Waals surface area (Å²) in [6, 6.07) is 0. The largest absolute Gasteiger partial charge is 0.476 e. The molecule has 0 aromatic heterocycles. The molecule has 8 heteroatoms. The maximum Gasteiger partial charge on any atom is 0.388 e. The van der Waals surface area contributed by atoms with Crippen LogP contribution in [0.2, 0.25) is 0 Å². The lowest BCUT2D eigenvalue weighted by Crippen LogP contribution is -2.61. The summed E-state index contributed by atoms with van der Waals surface area (Å²) in [6.45, 7) is 0. The third-order valence-corrected chi connectivity index (χ3v) is 3.07. The highest BCUT2D eigenvalue weighted by Crippen LogP contribution is 2.20.